The molecule has 0 radical (unpaired) electrons. The zero-order chi connectivity index (χ0) is 26.6. The summed E-state index contributed by atoms with van der Waals surface area (Å²) in [6.45, 7) is 7.29. The molecule has 0 unspecified atom stereocenters. The summed E-state index contributed by atoms with van der Waals surface area (Å²) in [6.07, 6.45) is 4.12. The summed E-state index contributed by atoms with van der Waals surface area (Å²) in [7, 11) is -1.35. The summed E-state index contributed by atoms with van der Waals surface area (Å²) in [5.41, 5.74) is 5.98. The summed E-state index contributed by atoms with van der Waals surface area (Å²) in [5.74, 6) is -0.365. The molecule has 1 heterocycles. The van der Waals surface area contributed by atoms with Crippen LogP contribution in [0.25, 0.3) is 17.2 Å². The largest absolute Gasteiger partial charge is 0.322 e. The van der Waals surface area contributed by atoms with Gasteiger partial charge in [-0.25, -0.2) is 8.42 Å². The van der Waals surface area contributed by atoms with Crippen LogP contribution < -0.4 is 5.32 Å². The van der Waals surface area contributed by atoms with E-state index >= 15 is 0 Å². The lowest BCUT2D eigenvalue weighted by Gasteiger charge is -2.26. The highest BCUT2D eigenvalue weighted by atomic mass is 32.2. The molecule has 0 aliphatic carbocycles. The van der Waals surface area contributed by atoms with E-state index < -0.39 is 9.84 Å². The average Bonchev–Trinajstić information content (AvgIpc) is 3.01. The molecule has 5 nitrogen and oxygen atoms in total. The third-order valence-electron chi connectivity index (χ3n) is 7.20. The molecule has 3 aromatic carbocycles. The van der Waals surface area contributed by atoms with Gasteiger partial charge in [0.1, 0.15) is 0 Å². The molecule has 4 rings (SSSR count). The topological polar surface area (TPSA) is 66.5 Å². The van der Waals surface area contributed by atoms with Crippen molar-refractivity contribution >= 4 is 27.5 Å². The van der Waals surface area contributed by atoms with Gasteiger partial charge in [0.15, 0.2) is 9.84 Å². The Labute approximate surface area is 221 Å². The summed E-state index contributed by atoms with van der Waals surface area (Å²) in [4.78, 5) is 15.8. The number of aryl methyl sites for hydroxylation is 1. The number of anilines is 1. The molecule has 0 fully saturated rings. The number of carbonyl (C=O) groups is 1. The van der Waals surface area contributed by atoms with Gasteiger partial charge in [0, 0.05) is 23.8 Å². The number of benzene rings is 3. The van der Waals surface area contributed by atoms with Gasteiger partial charge in [0.25, 0.3) is 5.91 Å². The molecule has 0 saturated heterocycles. The van der Waals surface area contributed by atoms with Gasteiger partial charge in [-0.05, 0) is 85.8 Å². The molecule has 3 aromatic rings. The lowest BCUT2D eigenvalue weighted by Crippen LogP contribution is -2.29. The molecule has 0 bridgehead atoms. The number of fused-ring (bicyclic) bond motifs is 1. The molecular weight excluding hydrogens is 480 g/mol. The van der Waals surface area contributed by atoms with Crippen molar-refractivity contribution in [3.05, 3.63) is 89.0 Å². The lowest BCUT2D eigenvalue weighted by atomic mass is 10.0. The molecule has 6 heteroatoms. The summed E-state index contributed by atoms with van der Waals surface area (Å²) >= 11 is 0. The monoisotopic (exact) mass is 516 g/mol. The Kier molecular flexibility index (Phi) is 8.30. The van der Waals surface area contributed by atoms with Crippen molar-refractivity contribution < 1.29 is 13.2 Å². The highest BCUT2D eigenvalue weighted by Gasteiger charge is 2.25. The van der Waals surface area contributed by atoms with Crippen molar-refractivity contribution in [2.24, 2.45) is 0 Å². The number of hydrogen-bond acceptors (Lipinski definition) is 4. The molecule has 1 aliphatic heterocycles. The van der Waals surface area contributed by atoms with Gasteiger partial charge in [-0.2, -0.15) is 0 Å². The fourth-order valence-electron chi connectivity index (χ4n) is 4.90. The maximum atomic E-state index is 13.2. The first-order chi connectivity index (χ1) is 17.7. The van der Waals surface area contributed by atoms with E-state index in [0.717, 1.165) is 36.1 Å². The van der Waals surface area contributed by atoms with Gasteiger partial charge in [-0.15, -0.1) is 0 Å². The van der Waals surface area contributed by atoms with Crippen LogP contribution in [0.1, 0.15) is 49.8 Å². The van der Waals surface area contributed by atoms with E-state index in [1.54, 1.807) is 12.1 Å². The first kappa shape index (κ1) is 26.8. The Balaban J connectivity index is 1.54. The van der Waals surface area contributed by atoms with Crippen LogP contribution in [0.15, 0.2) is 77.2 Å². The third kappa shape index (κ3) is 6.38. The van der Waals surface area contributed by atoms with Crippen LogP contribution in [-0.2, 0) is 21.2 Å². The molecule has 194 valence electrons. The van der Waals surface area contributed by atoms with Gasteiger partial charge >= 0.3 is 0 Å². The molecular formula is C31H36N2O3S. The molecule has 1 aliphatic rings. The van der Waals surface area contributed by atoms with Crippen LogP contribution in [0.3, 0.4) is 0 Å². The number of amides is 1. The van der Waals surface area contributed by atoms with Crippen LogP contribution in [0.4, 0.5) is 5.69 Å². The minimum Gasteiger partial charge on any atom is -0.322 e. The Hall–Kier alpha value is -3.22. The number of carbonyl (C=O) groups excluding carboxylic acids is 1. The van der Waals surface area contributed by atoms with Gasteiger partial charge in [0.2, 0.25) is 0 Å². The number of nitrogens with zero attached hydrogens (tertiary/aromatic N) is 1. The third-order valence-corrected chi connectivity index (χ3v) is 8.98. The second-order valence-electron chi connectivity index (χ2n) is 9.89. The van der Waals surface area contributed by atoms with E-state index in [9.17, 15) is 13.2 Å². The minimum atomic E-state index is -3.49. The predicted molar refractivity (Wildman–Crippen MR) is 152 cm³/mol. The van der Waals surface area contributed by atoms with Crippen LogP contribution in [0.2, 0.25) is 0 Å². The Bertz CT molecular complexity index is 1390. The molecule has 37 heavy (non-hydrogen) atoms. The summed E-state index contributed by atoms with van der Waals surface area (Å²) in [6, 6.07) is 21.9. The van der Waals surface area contributed by atoms with Crippen molar-refractivity contribution in [2.45, 2.75) is 57.5 Å². The van der Waals surface area contributed by atoms with Crippen LogP contribution in [0, 0.1) is 6.92 Å². The minimum absolute atomic E-state index is 0.0928. The molecule has 1 N–H and O–H groups in total. The van der Waals surface area contributed by atoms with Crippen molar-refractivity contribution in [2.75, 3.05) is 18.1 Å². The SMILES string of the molecule is CCC(CC)N(C)Cc1ccc(NC(=O)C2=Cc3cc(-c4ccc(C)cc4)ccc3S(=O)(=O)CC2)cc1. The molecule has 0 spiro atoms. The predicted octanol–water partition coefficient (Wildman–Crippen LogP) is 6.48. The molecule has 1 amide bonds. The summed E-state index contributed by atoms with van der Waals surface area (Å²) in [5, 5.41) is 2.96. The zero-order valence-corrected chi connectivity index (χ0v) is 22.9. The highest BCUT2D eigenvalue weighted by molar-refractivity contribution is 7.91. The van der Waals surface area contributed by atoms with E-state index in [0.29, 0.717) is 22.9 Å². The number of nitrogens with one attached hydrogen (secondary N) is 1. The molecule has 0 saturated carbocycles. The number of rotatable bonds is 8. The summed E-state index contributed by atoms with van der Waals surface area (Å²) < 4.78 is 25.9. The van der Waals surface area contributed by atoms with E-state index in [4.69, 9.17) is 0 Å². The zero-order valence-electron chi connectivity index (χ0n) is 22.1. The van der Waals surface area contributed by atoms with Crippen LogP contribution in [-0.4, -0.2) is 38.1 Å². The standard InChI is InChI=1S/C31H36N2O3S/c1-5-29(6-2)33(4)21-23-9-14-28(15-10-23)32-31(34)26-17-18-37(35,36)30-16-13-25(19-27(30)20-26)24-11-7-22(3)8-12-24/h7-16,19-20,29H,5-6,17-18,21H2,1-4H3,(H,32,34). The quantitative estimate of drug-likeness (QED) is 0.372. The van der Waals surface area contributed by atoms with Crippen molar-refractivity contribution in [3.63, 3.8) is 0 Å². The Morgan fingerprint density at radius 1 is 0.946 bits per heavy atom. The average molecular weight is 517 g/mol. The van der Waals surface area contributed by atoms with Gasteiger partial charge in [-0.1, -0.05) is 61.9 Å². The van der Waals surface area contributed by atoms with E-state index in [-0.39, 0.29) is 23.0 Å². The highest BCUT2D eigenvalue weighted by Crippen LogP contribution is 2.31. The fourth-order valence-corrected chi connectivity index (χ4v) is 6.36. The smallest absolute Gasteiger partial charge is 0.251 e. The van der Waals surface area contributed by atoms with E-state index in [2.05, 4.69) is 31.1 Å². The lowest BCUT2D eigenvalue weighted by molar-refractivity contribution is -0.112. The van der Waals surface area contributed by atoms with Gasteiger partial charge in [0.05, 0.1) is 10.6 Å². The van der Waals surface area contributed by atoms with Crippen molar-refractivity contribution in [3.8, 4) is 11.1 Å². The Morgan fingerprint density at radius 2 is 1.59 bits per heavy atom. The molecule has 0 atom stereocenters. The van der Waals surface area contributed by atoms with Gasteiger partial charge in [-0.3, -0.25) is 9.69 Å². The van der Waals surface area contributed by atoms with Crippen LogP contribution in [0.5, 0.6) is 0 Å². The second kappa shape index (κ2) is 11.4. The van der Waals surface area contributed by atoms with E-state index in [1.807, 2.05) is 67.6 Å². The normalized spacial score (nSPS) is 14.7. The van der Waals surface area contributed by atoms with Crippen LogP contribution >= 0.6 is 0 Å². The first-order valence-corrected chi connectivity index (χ1v) is 14.6. The fraction of sp³-hybridized carbons (Fsp3) is 0.323. The maximum absolute atomic E-state index is 13.2. The van der Waals surface area contributed by atoms with Gasteiger partial charge < -0.3 is 5.32 Å². The molecule has 0 aromatic heterocycles. The second-order valence-corrected chi connectivity index (χ2v) is 12.0. The number of hydrogen-bond donors (Lipinski definition) is 1. The van der Waals surface area contributed by atoms with Crippen molar-refractivity contribution in [1.29, 1.82) is 0 Å². The first-order valence-electron chi connectivity index (χ1n) is 12.9. The number of sulfone groups is 1. The Morgan fingerprint density at radius 3 is 2.24 bits per heavy atom. The van der Waals surface area contributed by atoms with E-state index in [1.165, 1.54) is 5.56 Å². The maximum Gasteiger partial charge on any atom is 0.251 e. The van der Waals surface area contributed by atoms with Crippen molar-refractivity contribution in [1.82, 2.24) is 4.90 Å².